The fourth-order valence-corrected chi connectivity index (χ4v) is 2.53. The second kappa shape index (κ2) is 7.48. The van der Waals surface area contributed by atoms with Crippen LogP contribution in [0.2, 0.25) is 0 Å². The Kier molecular flexibility index (Phi) is 6.28. The number of nitrogens with zero attached hydrogens (tertiary/aromatic N) is 1. The first-order valence-corrected chi connectivity index (χ1v) is 7.23. The first kappa shape index (κ1) is 16.0. The molecule has 19 heavy (non-hydrogen) atoms. The summed E-state index contributed by atoms with van der Waals surface area (Å²) in [4.78, 5) is 13.6. The second-order valence-corrected chi connectivity index (χ2v) is 5.39. The van der Waals surface area contributed by atoms with E-state index in [0.29, 0.717) is 19.0 Å². The van der Waals surface area contributed by atoms with Gasteiger partial charge in [-0.25, -0.2) is 4.79 Å². The normalized spacial score (nSPS) is 23.0. The van der Waals surface area contributed by atoms with Crippen LogP contribution in [-0.2, 0) is 4.74 Å². The fraction of sp³-hybridized carbons (Fsp3) is 0.857. The van der Waals surface area contributed by atoms with Crippen molar-refractivity contribution < 1.29 is 9.53 Å². The number of methoxy groups -OCH3 is 1. The van der Waals surface area contributed by atoms with Crippen molar-refractivity contribution in [2.75, 3.05) is 20.3 Å². The Bertz CT molecular complexity index is 320. The topological polar surface area (TPSA) is 65.4 Å². The van der Waals surface area contributed by atoms with Gasteiger partial charge in [-0.3, -0.25) is 10.7 Å². The zero-order valence-electron chi connectivity index (χ0n) is 12.4. The number of hydrogen-bond acceptors (Lipinski definition) is 3. The van der Waals surface area contributed by atoms with Gasteiger partial charge in [0.25, 0.3) is 0 Å². The number of amidine groups is 1. The molecule has 110 valence electrons. The summed E-state index contributed by atoms with van der Waals surface area (Å²) < 4.78 is 5.05. The van der Waals surface area contributed by atoms with Gasteiger partial charge in [-0.1, -0.05) is 39.0 Å². The van der Waals surface area contributed by atoms with Crippen LogP contribution >= 0.6 is 0 Å². The summed E-state index contributed by atoms with van der Waals surface area (Å²) in [6.45, 7) is 5.22. The van der Waals surface area contributed by atoms with Crippen LogP contribution in [0.15, 0.2) is 0 Å². The highest BCUT2D eigenvalue weighted by Crippen LogP contribution is 2.27. The first-order chi connectivity index (χ1) is 9.06. The first-order valence-electron chi connectivity index (χ1n) is 7.23. The van der Waals surface area contributed by atoms with Gasteiger partial charge in [0.2, 0.25) is 0 Å². The highest BCUT2D eigenvalue weighted by Gasteiger charge is 2.45. The summed E-state index contributed by atoms with van der Waals surface area (Å²) in [6, 6.07) is -0.168. The van der Waals surface area contributed by atoms with E-state index in [1.165, 1.54) is 25.7 Å². The van der Waals surface area contributed by atoms with Crippen molar-refractivity contribution in [2.24, 2.45) is 0 Å². The summed E-state index contributed by atoms with van der Waals surface area (Å²) in [6.07, 6.45) is 6.80. The van der Waals surface area contributed by atoms with Crippen LogP contribution in [0, 0.1) is 5.41 Å². The van der Waals surface area contributed by atoms with Crippen molar-refractivity contribution in [1.82, 2.24) is 10.2 Å². The van der Waals surface area contributed by atoms with Gasteiger partial charge in [-0.15, -0.1) is 0 Å². The molecule has 5 nitrogen and oxygen atoms in total. The van der Waals surface area contributed by atoms with Gasteiger partial charge >= 0.3 is 6.03 Å². The summed E-state index contributed by atoms with van der Waals surface area (Å²) in [5.41, 5.74) is -0.484. The van der Waals surface area contributed by atoms with Crippen LogP contribution in [0.1, 0.15) is 52.4 Å². The molecule has 1 fully saturated rings. The van der Waals surface area contributed by atoms with Gasteiger partial charge in [-0.05, 0) is 13.3 Å². The zero-order chi connectivity index (χ0) is 14.3. The van der Waals surface area contributed by atoms with Crippen LogP contribution in [0.4, 0.5) is 4.79 Å². The third-order valence-electron chi connectivity index (χ3n) is 3.90. The molecule has 2 N–H and O–H groups in total. The van der Waals surface area contributed by atoms with E-state index in [2.05, 4.69) is 12.2 Å². The Hall–Kier alpha value is -1.10. The third kappa shape index (κ3) is 3.93. The molecule has 1 unspecified atom stereocenters. The number of hydrogen-bond donors (Lipinski definition) is 2. The molecule has 0 saturated carbocycles. The van der Waals surface area contributed by atoms with Crippen molar-refractivity contribution in [3.63, 3.8) is 0 Å². The molecular formula is C14H27N3O2. The number of carbonyl (C=O) groups is 1. The molecule has 1 rings (SSSR count). The average molecular weight is 269 g/mol. The molecule has 1 heterocycles. The smallest absolute Gasteiger partial charge is 0.323 e. The standard InChI is InChI=1S/C14H27N3O2/c1-4-5-6-7-8-9-14(2)12(15)16-13(18)17(14)10-11-19-3/h4-11H2,1-3H3,(H2,15,16,18). The van der Waals surface area contributed by atoms with E-state index in [1.54, 1.807) is 12.0 Å². The van der Waals surface area contributed by atoms with Crippen molar-refractivity contribution in [1.29, 1.82) is 5.41 Å². The summed E-state index contributed by atoms with van der Waals surface area (Å²) in [7, 11) is 1.63. The fourth-order valence-electron chi connectivity index (χ4n) is 2.53. The van der Waals surface area contributed by atoms with Crippen molar-refractivity contribution >= 4 is 11.9 Å². The summed E-state index contributed by atoms with van der Waals surface area (Å²) in [5.74, 6) is 0.323. The molecule has 2 amide bonds. The van der Waals surface area contributed by atoms with Gasteiger partial charge in [0.15, 0.2) is 0 Å². The second-order valence-electron chi connectivity index (χ2n) is 5.39. The van der Waals surface area contributed by atoms with Crippen molar-refractivity contribution in [2.45, 2.75) is 57.9 Å². The predicted molar refractivity (Wildman–Crippen MR) is 76.6 cm³/mol. The lowest BCUT2D eigenvalue weighted by Crippen LogP contribution is -2.48. The van der Waals surface area contributed by atoms with E-state index in [0.717, 1.165) is 12.8 Å². The van der Waals surface area contributed by atoms with Crippen LogP contribution in [0.25, 0.3) is 0 Å². The lowest BCUT2D eigenvalue weighted by Gasteiger charge is -2.33. The minimum Gasteiger partial charge on any atom is -0.383 e. The Morgan fingerprint density at radius 1 is 1.32 bits per heavy atom. The largest absolute Gasteiger partial charge is 0.383 e. The number of amides is 2. The Morgan fingerprint density at radius 3 is 2.63 bits per heavy atom. The molecule has 1 aliphatic rings. The van der Waals surface area contributed by atoms with E-state index in [9.17, 15) is 4.79 Å². The molecule has 0 spiro atoms. The quantitative estimate of drug-likeness (QED) is 0.632. The molecule has 1 aliphatic heterocycles. The maximum absolute atomic E-state index is 11.9. The molecule has 5 heteroatoms. The number of urea groups is 1. The SMILES string of the molecule is CCCCCCCC1(C)C(=N)NC(=O)N1CCOC. The monoisotopic (exact) mass is 269 g/mol. The van der Waals surface area contributed by atoms with Crippen LogP contribution in [0.5, 0.6) is 0 Å². The highest BCUT2D eigenvalue weighted by molar-refractivity contribution is 6.08. The zero-order valence-corrected chi connectivity index (χ0v) is 12.4. The third-order valence-corrected chi connectivity index (χ3v) is 3.90. The molecule has 0 bridgehead atoms. The van der Waals surface area contributed by atoms with Gasteiger partial charge in [0.1, 0.15) is 5.84 Å². The number of carbonyl (C=O) groups excluding carboxylic acids is 1. The molecule has 0 aromatic rings. The van der Waals surface area contributed by atoms with Gasteiger partial charge in [0.05, 0.1) is 12.1 Å². The lowest BCUT2D eigenvalue weighted by atomic mass is 9.92. The predicted octanol–water partition coefficient (Wildman–Crippen LogP) is 2.75. The minimum atomic E-state index is -0.484. The van der Waals surface area contributed by atoms with E-state index in [4.69, 9.17) is 10.1 Å². The maximum Gasteiger partial charge on any atom is 0.323 e. The van der Waals surface area contributed by atoms with Gasteiger partial charge < -0.3 is 9.64 Å². The summed E-state index contributed by atoms with van der Waals surface area (Å²) in [5, 5.41) is 10.6. The van der Waals surface area contributed by atoms with Crippen LogP contribution in [0.3, 0.4) is 0 Å². The average Bonchev–Trinajstić information content (AvgIpc) is 2.58. The highest BCUT2D eigenvalue weighted by atomic mass is 16.5. The molecule has 1 atom stereocenters. The maximum atomic E-state index is 11.9. The van der Waals surface area contributed by atoms with Gasteiger partial charge in [0, 0.05) is 13.7 Å². The number of nitrogens with one attached hydrogen (secondary N) is 2. The molecular weight excluding hydrogens is 242 g/mol. The number of rotatable bonds is 9. The van der Waals surface area contributed by atoms with Crippen LogP contribution in [-0.4, -0.2) is 42.6 Å². The molecule has 0 aliphatic carbocycles. The van der Waals surface area contributed by atoms with E-state index in [1.807, 2.05) is 6.92 Å². The summed E-state index contributed by atoms with van der Waals surface area (Å²) >= 11 is 0. The Morgan fingerprint density at radius 2 is 2.00 bits per heavy atom. The molecule has 1 saturated heterocycles. The molecule has 0 aromatic carbocycles. The van der Waals surface area contributed by atoms with Gasteiger partial charge in [-0.2, -0.15) is 0 Å². The van der Waals surface area contributed by atoms with E-state index < -0.39 is 5.54 Å². The number of unbranched alkanes of at least 4 members (excludes halogenated alkanes) is 4. The Balaban J connectivity index is 2.53. The lowest BCUT2D eigenvalue weighted by molar-refractivity contribution is 0.125. The minimum absolute atomic E-state index is 0.168. The van der Waals surface area contributed by atoms with E-state index >= 15 is 0 Å². The van der Waals surface area contributed by atoms with Crippen molar-refractivity contribution in [3.8, 4) is 0 Å². The Labute approximate surface area is 116 Å². The molecule has 0 radical (unpaired) electrons. The van der Waals surface area contributed by atoms with Crippen LogP contribution < -0.4 is 5.32 Å². The number of ether oxygens (including phenoxy) is 1. The van der Waals surface area contributed by atoms with Crippen molar-refractivity contribution in [3.05, 3.63) is 0 Å². The molecule has 0 aromatic heterocycles. The van der Waals surface area contributed by atoms with E-state index in [-0.39, 0.29) is 6.03 Å².